The second-order valence-corrected chi connectivity index (χ2v) is 6.39. The summed E-state index contributed by atoms with van der Waals surface area (Å²) in [6.45, 7) is 2.28. The number of nitrogens with one attached hydrogen (secondary N) is 2. The van der Waals surface area contributed by atoms with Crippen LogP contribution in [0.25, 0.3) is 0 Å². The third kappa shape index (κ3) is 4.50. The highest BCUT2D eigenvalue weighted by molar-refractivity contribution is 14.1. The Kier molecular flexibility index (Phi) is 5.21. The summed E-state index contributed by atoms with van der Waals surface area (Å²) >= 11 is 3.91. The summed E-state index contributed by atoms with van der Waals surface area (Å²) in [5.74, 6) is -0.000509. The number of anilines is 1. The fourth-order valence-electron chi connectivity index (χ4n) is 1.65. The molecule has 0 radical (unpaired) electrons. The van der Waals surface area contributed by atoms with Gasteiger partial charge >= 0.3 is 0 Å². The normalized spacial score (nSPS) is 11.9. The summed E-state index contributed by atoms with van der Waals surface area (Å²) in [6, 6.07) is 12.0. The van der Waals surface area contributed by atoms with E-state index in [9.17, 15) is 4.79 Å². The van der Waals surface area contributed by atoms with Crippen LogP contribution in [0.4, 0.5) is 5.69 Å². The first kappa shape index (κ1) is 14.3. The number of hydrogen-bond donors (Lipinski definition) is 2. The van der Waals surface area contributed by atoms with Crippen molar-refractivity contribution in [2.75, 3.05) is 11.9 Å². The van der Waals surface area contributed by atoms with Gasteiger partial charge in [0.25, 0.3) is 0 Å². The topological polar surface area (TPSA) is 41.1 Å². The van der Waals surface area contributed by atoms with Crippen LogP contribution in [0.5, 0.6) is 0 Å². The van der Waals surface area contributed by atoms with E-state index < -0.39 is 0 Å². The van der Waals surface area contributed by atoms with Gasteiger partial charge in [-0.1, -0.05) is 6.07 Å². The molecule has 2 rings (SSSR count). The van der Waals surface area contributed by atoms with Gasteiger partial charge in [0, 0.05) is 14.1 Å². The summed E-state index contributed by atoms with van der Waals surface area (Å²) < 4.78 is 1.18. The van der Waals surface area contributed by atoms with Crippen LogP contribution in [-0.4, -0.2) is 12.5 Å². The number of benzene rings is 1. The minimum atomic E-state index is -0.000509. The van der Waals surface area contributed by atoms with Gasteiger partial charge in [-0.05, 0) is 65.2 Å². The number of hydrogen-bond acceptors (Lipinski definition) is 3. The largest absolute Gasteiger partial charge is 0.376 e. The van der Waals surface area contributed by atoms with Crippen LogP contribution in [0.15, 0.2) is 41.8 Å². The fourth-order valence-corrected chi connectivity index (χ4v) is 2.75. The number of carbonyl (C=O) groups excluding carboxylic acids is 1. The third-order valence-electron chi connectivity index (χ3n) is 2.64. The van der Waals surface area contributed by atoms with Crippen molar-refractivity contribution in [3.05, 3.63) is 50.2 Å². The molecule has 0 aliphatic rings. The molecule has 1 aromatic carbocycles. The zero-order chi connectivity index (χ0) is 13.7. The molecule has 1 amide bonds. The first-order valence-electron chi connectivity index (χ1n) is 5.97. The third-order valence-corrected chi connectivity index (χ3v) is 4.42. The lowest BCUT2D eigenvalue weighted by atomic mass is 10.2. The highest BCUT2D eigenvalue weighted by Gasteiger charge is 2.09. The number of thiophene rings is 1. The maximum Gasteiger partial charge on any atom is 0.239 e. The molecule has 1 heterocycles. The smallest absolute Gasteiger partial charge is 0.239 e. The molecule has 1 atom stereocenters. The SMILES string of the molecule is C[C@H](NC(=O)CNc1ccc(I)cc1)c1cccs1. The van der Waals surface area contributed by atoms with E-state index in [0.29, 0.717) is 0 Å². The quantitative estimate of drug-likeness (QED) is 0.771. The van der Waals surface area contributed by atoms with Gasteiger partial charge in [0.1, 0.15) is 0 Å². The lowest BCUT2D eigenvalue weighted by Gasteiger charge is -2.13. The molecule has 0 saturated carbocycles. The van der Waals surface area contributed by atoms with Crippen molar-refractivity contribution in [1.29, 1.82) is 0 Å². The summed E-state index contributed by atoms with van der Waals surface area (Å²) in [6.07, 6.45) is 0. The first-order valence-corrected chi connectivity index (χ1v) is 7.93. The van der Waals surface area contributed by atoms with Crippen LogP contribution in [0.3, 0.4) is 0 Å². The van der Waals surface area contributed by atoms with Gasteiger partial charge < -0.3 is 10.6 Å². The molecule has 0 unspecified atom stereocenters. The second kappa shape index (κ2) is 6.91. The van der Waals surface area contributed by atoms with E-state index in [1.807, 2.05) is 48.7 Å². The molecule has 0 spiro atoms. The fraction of sp³-hybridized carbons (Fsp3) is 0.214. The molecule has 2 N–H and O–H groups in total. The van der Waals surface area contributed by atoms with Crippen molar-refractivity contribution >= 4 is 45.5 Å². The van der Waals surface area contributed by atoms with E-state index in [1.54, 1.807) is 11.3 Å². The maximum atomic E-state index is 11.8. The van der Waals surface area contributed by atoms with Gasteiger partial charge in [0.15, 0.2) is 0 Å². The predicted molar refractivity (Wildman–Crippen MR) is 88.5 cm³/mol. The van der Waals surface area contributed by atoms with Crippen molar-refractivity contribution in [2.24, 2.45) is 0 Å². The standard InChI is InChI=1S/C14H15IN2OS/c1-10(13-3-2-8-19-13)17-14(18)9-16-12-6-4-11(15)5-7-12/h2-8,10,16H,9H2,1H3,(H,17,18)/t10-/m0/s1. The molecule has 2 aromatic rings. The lowest BCUT2D eigenvalue weighted by Crippen LogP contribution is -2.31. The summed E-state index contributed by atoms with van der Waals surface area (Å²) in [5.41, 5.74) is 0.958. The maximum absolute atomic E-state index is 11.8. The Morgan fingerprint density at radius 3 is 2.68 bits per heavy atom. The Balaban J connectivity index is 1.80. The molecule has 0 fully saturated rings. The number of amides is 1. The highest BCUT2D eigenvalue weighted by atomic mass is 127. The van der Waals surface area contributed by atoms with Crippen LogP contribution in [0.2, 0.25) is 0 Å². The first-order chi connectivity index (χ1) is 9.15. The van der Waals surface area contributed by atoms with E-state index in [4.69, 9.17) is 0 Å². The van der Waals surface area contributed by atoms with Crippen molar-refractivity contribution in [1.82, 2.24) is 5.32 Å². The minimum Gasteiger partial charge on any atom is -0.376 e. The van der Waals surface area contributed by atoms with Crippen molar-refractivity contribution < 1.29 is 4.79 Å². The van der Waals surface area contributed by atoms with Crippen molar-refractivity contribution in [3.63, 3.8) is 0 Å². The average Bonchev–Trinajstić information content (AvgIpc) is 2.92. The van der Waals surface area contributed by atoms with Gasteiger partial charge in [0.2, 0.25) is 5.91 Å². The Hall–Kier alpha value is -1.08. The molecule has 100 valence electrons. The van der Waals surface area contributed by atoms with Gasteiger partial charge in [-0.2, -0.15) is 0 Å². The predicted octanol–water partition coefficient (Wildman–Crippen LogP) is 3.64. The van der Waals surface area contributed by atoms with Crippen LogP contribution >= 0.6 is 33.9 Å². The number of halogens is 1. The summed E-state index contributed by atoms with van der Waals surface area (Å²) in [7, 11) is 0. The van der Waals surface area contributed by atoms with Crippen LogP contribution in [0, 0.1) is 3.57 Å². The van der Waals surface area contributed by atoms with E-state index in [-0.39, 0.29) is 18.5 Å². The van der Waals surface area contributed by atoms with Gasteiger partial charge in [-0.3, -0.25) is 4.79 Å². The summed E-state index contributed by atoms with van der Waals surface area (Å²) in [4.78, 5) is 13.0. The Morgan fingerprint density at radius 2 is 2.05 bits per heavy atom. The molecule has 5 heteroatoms. The number of carbonyl (C=O) groups is 1. The molecule has 1 aromatic heterocycles. The number of rotatable bonds is 5. The monoisotopic (exact) mass is 386 g/mol. The van der Waals surface area contributed by atoms with E-state index in [1.165, 1.54) is 8.45 Å². The zero-order valence-corrected chi connectivity index (χ0v) is 13.5. The Bertz CT molecular complexity index is 525. The summed E-state index contributed by atoms with van der Waals surface area (Å²) in [5, 5.41) is 8.10. The van der Waals surface area contributed by atoms with E-state index in [2.05, 4.69) is 33.2 Å². The van der Waals surface area contributed by atoms with E-state index in [0.717, 1.165) is 5.69 Å². The van der Waals surface area contributed by atoms with Gasteiger partial charge in [-0.15, -0.1) is 11.3 Å². The van der Waals surface area contributed by atoms with Gasteiger partial charge in [-0.25, -0.2) is 0 Å². The molecule has 0 aliphatic heterocycles. The Morgan fingerprint density at radius 1 is 1.32 bits per heavy atom. The molecule has 0 saturated heterocycles. The Labute approximate surface area is 130 Å². The van der Waals surface area contributed by atoms with Crippen LogP contribution in [0.1, 0.15) is 17.8 Å². The average molecular weight is 386 g/mol. The molecule has 3 nitrogen and oxygen atoms in total. The van der Waals surface area contributed by atoms with Crippen LogP contribution < -0.4 is 10.6 Å². The molecule has 0 aliphatic carbocycles. The molecule has 0 bridgehead atoms. The highest BCUT2D eigenvalue weighted by Crippen LogP contribution is 2.17. The molecule has 19 heavy (non-hydrogen) atoms. The van der Waals surface area contributed by atoms with E-state index >= 15 is 0 Å². The van der Waals surface area contributed by atoms with Crippen molar-refractivity contribution in [3.8, 4) is 0 Å². The second-order valence-electron chi connectivity index (χ2n) is 4.17. The van der Waals surface area contributed by atoms with Gasteiger partial charge in [0.05, 0.1) is 12.6 Å². The molecular formula is C14H15IN2OS. The molecular weight excluding hydrogens is 371 g/mol. The van der Waals surface area contributed by atoms with Crippen molar-refractivity contribution in [2.45, 2.75) is 13.0 Å². The minimum absolute atomic E-state index is 0.000509. The zero-order valence-electron chi connectivity index (χ0n) is 10.5. The lowest BCUT2D eigenvalue weighted by molar-refractivity contribution is -0.120. The van der Waals surface area contributed by atoms with Crippen LogP contribution in [-0.2, 0) is 4.79 Å².